The van der Waals surface area contributed by atoms with E-state index < -0.39 is 24.2 Å². The van der Waals surface area contributed by atoms with E-state index in [2.05, 4.69) is 17.7 Å². The highest BCUT2D eigenvalue weighted by Crippen LogP contribution is 2.45. The Bertz CT molecular complexity index is 626. The number of alkyl halides is 5. The fraction of sp³-hybridized carbons (Fsp3) is 0.875. The van der Waals surface area contributed by atoms with E-state index in [4.69, 9.17) is 0 Å². The van der Waals surface area contributed by atoms with E-state index in [9.17, 15) is 26.7 Å². The molecule has 0 spiro atoms. The molecule has 0 aromatic carbocycles. The Labute approximate surface area is 182 Å². The van der Waals surface area contributed by atoms with Crippen LogP contribution in [0, 0.1) is 23.7 Å². The summed E-state index contributed by atoms with van der Waals surface area (Å²) >= 11 is 0. The summed E-state index contributed by atoms with van der Waals surface area (Å²) in [5.74, 6) is -5.26. The second-order valence-corrected chi connectivity index (χ2v) is 9.84. The number of carbonyl (C=O) groups excluding carboxylic acids is 1. The van der Waals surface area contributed by atoms with Crippen LogP contribution in [-0.4, -0.2) is 24.2 Å². The van der Waals surface area contributed by atoms with Crippen molar-refractivity contribution in [1.29, 1.82) is 0 Å². The Hall–Kier alpha value is -1.14. The number of hydrogen-bond donors (Lipinski definition) is 0. The molecular formula is C24H35F5O2. The van der Waals surface area contributed by atoms with Gasteiger partial charge in [-0.25, -0.2) is 4.79 Å². The SMILES string of the molecule is CCCC1=CCC(C2CCC(C3CCC(OC(=O)C(F)(F)C(F)(F)F)CC3)CC2)CC1. The van der Waals surface area contributed by atoms with E-state index in [1.807, 2.05) is 0 Å². The largest absolute Gasteiger partial charge is 0.465 e. The maximum atomic E-state index is 13.1. The Kier molecular flexibility index (Phi) is 8.06. The molecule has 0 aromatic heterocycles. The van der Waals surface area contributed by atoms with Crippen molar-refractivity contribution in [3.8, 4) is 0 Å². The predicted molar refractivity (Wildman–Crippen MR) is 109 cm³/mol. The van der Waals surface area contributed by atoms with Crippen LogP contribution in [0.4, 0.5) is 22.0 Å². The first-order chi connectivity index (χ1) is 14.6. The molecule has 178 valence electrons. The molecule has 0 N–H and O–H groups in total. The zero-order chi connectivity index (χ0) is 22.6. The fourth-order valence-corrected chi connectivity index (χ4v) is 5.99. The maximum Gasteiger partial charge on any atom is 0.465 e. The van der Waals surface area contributed by atoms with Crippen molar-refractivity contribution >= 4 is 5.97 Å². The topological polar surface area (TPSA) is 26.3 Å². The number of esters is 1. The Balaban J connectivity index is 1.39. The molecule has 0 aromatic rings. The van der Waals surface area contributed by atoms with Gasteiger partial charge in [0.15, 0.2) is 0 Å². The Morgan fingerprint density at radius 2 is 1.39 bits per heavy atom. The van der Waals surface area contributed by atoms with Crippen LogP contribution in [0.2, 0.25) is 0 Å². The van der Waals surface area contributed by atoms with Crippen LogP contribution in [0.15, 0.2) is 11.6 Å². The van der Waals surface area contributed by atoms with Crippen molar-refractivity contribution in [2.24, 2.45) is 23.7 Å². The zero-order valence-electron chi connectivity index (χ0n) is 18.4. The van der Waals surface area contributed by atoms with Gasteiger partial charge in [0, 0.05) is 0 Å². The van der Waals surface area contributed by atoms with Crippen LogP contribution in [-0.2, 0) is 9.53 Å². The van der Waals surface area contributed by atoms with Gasteiger partial charge in [0.1, 0.15) is 6.10 Å². The lowest BCUT2D eigenvalue weighted by Crippen LogP contribution is -2.46. The molecule has 1 atom stereocenters. The van der Waals surface area contributed by atoms with Crippen LogP contribution in [0.1, 0.15) is 90.4 Å². The summed E-state index contributed by atoms with van der Waals surface area (Å²) in [6.45, 7) is 2.23. The van der Waals surface area contributed by atoms with Gasteiger partial charge in [0.05, 0.1) is 0 Å². The van der Waals surface area contributed by atoms with Crippen molar-refractivity contribution in [3.63, 3.8) is 0 Å². The lowest BCUT2D eigenvalue weighted by atomic mass is 9.66. The number of allylic oxidation sites excluding steroid dienone is 2. The molecule has 7 heteroatoms. The molecule has 1 unspecified atom stereocenters. The normalized spacial score (nSPS) is 33.0. The van der Waals surface area contributed by atoms with Crippen molar-refractivity contribution in [2.45, 2.75) is 109 Å². The summed E-state index contributed by atoms with van der Waals surface area (Å²) < 4.78 is 67.6. The van der Waals surface area contributed by atoms with Crippen LogP contribution < -0.4 is 0 Å². The molecule has 0 aliphatic heterocycles. The number of hydrogen-bond acceptors (Lipinski definition) is 2. The molecule has 2 nitrogen and oxygen atoms in total. The van der Waals surface area contributed by atoms with Crippen LogP contribution in [0.3, 0.4) is 0 Å². The van der Waals surface area contributed by atoms with Gasteiger partial charge in [0.25, 0.3) is 0 Å². The molecule has 0 heterocycles. The first-order valence-electron chi connectivity index (χ1n) is 11.9. The summed E-state index contributed by atoms with van der Waals surface area (Å²) in [4.78, 5) is 11.3. The van der Waals surface area contributed by atoms with Gasteiger partial charge in [-0.1, -0.05) is 25.0 Å². The van der Waals surface area contributed by atoms with E-state index in [-0.39, 0.29) is 0 Å². The molecule has 0 bridgehead atoms. The molecule has 31 heavy (non-hydrogen) atoms. The smallest absolute Gasteiger partial charge is 0.458 e. The molecule has 2 saturated carbocycles. The van der Waals surface area contributed by atoms with Crippen molar-refractivity contribution in [3.05, 3.63) is 11.6 Å². The summed E-state index contributed by atoms with van der Waals surface area (Å²) in [5, 5.41) is 0. The van der Waals surface area contributed by atoms with Crippen molar-refractivity contribution < 1.29 is 31.5 Å². The molecule has 3 rings (SSSR count). The highest BCUT2D eigenvalue weighted by Gasteiger charge is 2.65. The maximum absolute atomic E-state index is 13.1. The molecule has 0 amide bonds. The minimum atomic E-state index is -5.91. The molecular weight excluding hydrogens is 415 g/mol. The van der Waals surface area contributed by atoms with E-state index in [1.165, 1.54) is 57.8 Å². The van der Waals surface area contributed by atoms with Gasteiger partial charge in [-0.15, -0.1) is 0 Å². The Morgan fingerprint density at radius 3 is 1.84 bits per heavy atom. The lowest BCUT2D eigenvalue weighted by molar-refractivity contribution is -0.282. The van der Waals surface area contributed by atoms with Crippen molar-refractivity contribution in [1.82, 2.24) is 0 Å². The molecule has 2 fully saturated rings. The summed E-state index contributed by atoms with van der Waals surface area (Å²) in [5.41, 5.74) is 1.62. The predicted octanol–water partition coefficient (Wildman–Crippen LogP) is 7.62. The van der Waals surface area contributed by atoms with Crippen LogP contribution >= 0.6 is 0 Å². The molecule has 3 aliphatic carbocycles. The first kappa shape index (κ1) is 24.5. The summed E-state index contributed by atoms with van der Waals surface area (Å²) in [7, 11) is 0. The quantitative estimate of drug-likeness (QED) is 0.236. The van der Waals surface area contributed by atoms with Crippen molar-refractivity contribution in [2.75, 3.05) is 0 Å². The fourth-order valence-electron chi connectivity index (χ4n) is 5.99. The molecule has 0 radical (unpaired) electrons. The first-order valence-corrected chi connectivity index (χ1v) is 11.9. The van der Waals surface area contributed by atoms with Gasteiger partial charge in [-0.05, 0) is 101 Å². The van der Waals surface area contributed by atoms with E-state index in [0.717, 1.165) is 24.7 Å². The second-order valence-electron chi connectivity index (χ2n) is 9.84. The van der Waals surface area contributed by atoms with E-state index in [1.54, 1.807) is 5.57 Å². The third-order valence-corrected chi connectivity index (χ3v) is 7.87. The van der Waals surface area contributed by atoms with Crippen LogP contribution in [0.25, 0.3) is 0 Å². The molecule has 0 saturated heterocycles. The van der Waals surface area contributed by atoms with Gasteiger partial charge in [-0.2, -0.15) is 22.0 Å². The average Bonchev–Trinajstić information content (AvgIpc) is 2.74. The number of ether oxygens (including phenoxy) is 1. The van der Waals surface area contributed by atoms with Gasteiger partial charge in [0.2, 0.25) is 0 Å². The van der Waals surface area contributed by atoms with Gasteiger partial charge >= 0.3 is 18.1 Å². The lowest BCUT2D eigenvalue weighted by Gasteiger charge is -2.40. The minimum Gasteiger partial charge on any atom is -0.458 e. The monoisotopic (exact) mass is 450 g/mol. The van der Waals surface area contributed by atoms with Gasteiger partial charge < -0.3 is 4.74 Å². The number of carbonyl (C=O) groups is 1. The highest BCUT2D eigenvalue weighted by molar-refractivity contribution is 5.78. The number of halogens is 5. The summed E-state index contributed by atoms with van der Waals surface area (Å²) in [6.07, 6.45) is 8.96. The van der Waals surface area contributed by atoms with E-state index in [0.29, 0.717) is 24.7 Å². The Morgan fingerprint density at radius 1 is 0.871 bits per heavy atom. The zero-order valence-corrected chi connectivity index (χ0v) is 18.4. The molecule has 3 aliphatic rings. The highest BCUT2D eigenvalue weighted by atomic mass is 19.4. The number of rotatable bonds is 6. The second kappa shape index (κ2) is 10.2. The summed E-state index contributed by atoms with van der Waals surface area (Å²) in [6, 6.07) is 0. The minimum absolute atomic E-state index is 0.373. The standard InChI is InChI=1S/C24H35F5O2/c1-2-3-16-4-6-17(7-5-16)18-8-10-19(11-9-18)20-12-14-21(15-13-20)31-22(30)23(25,26)24(27,28)29/h4,17-21H,2-3,5-15H2,1H3. The average molecular weight is 451 g/mol. The third kappa shape index (κ3) is 6.01. The van der Waals surface area contributed by atoms with E-state index >= 15 is 0 Å². The van der Waals surface area contributed by atoms with Gasteiger partial charge in [-0.3, -0.25) is 0 Å². The third-order valence-electron chi connectivity index (χ3n) is 7.87. The van der Waals surface area contributed by atoms with Crippen LogP contribution in [0.5, 0.6) is 0 Å².